The molecule has 68 valence electrons. The third kappa shape index (κ3) is 2.24. The van der Waals surface area contributed by atoms with Crippen LogP contribution in [-0.4, -0.2) is 6.04 Å². The van der Waals surface area contributed by atoms with Gasteiger partial charge < -0.3 is 5.32 Å². The molecule has 2 heteroatoms. The lowest BCUT2D eigenvalue weighted by Gasteiger charge is -2.12. The van der Waals surface area contributed by atoms with Crippen molar-refractivity contribution in [2.45, 2.75) is 39.7 Å². The molecule has 0 aliphatic carbocycles. The van der Waals surface area contributed by atoms with Gasteiger partial charge in [0.05, 0.1) is 0 Å². The molecular formula is C10H17NS. The van der Waals surface area contributed by atoms with Crippen LogP contribution in [0.15, 0.2) is 11.4 Å². The average molecular weight is 183 g/mol. The zero-order chi connectivity index (χ0) is 9.14. The van der Waals surface area contributed by atoms with Gasteiger partial charge >= 0.3 is 0 Å². The van der Waals surface area contributed by atoms with E-state index in [2.05, 4.69) is 44.5 Å². The molecule has 0 atom stereocenters. The van der Waals surface area contributed by atoms with E-state index in [0.29, 0.717) is 12.0 Å². The van der Waals surface area contributed by atoms with Gasteiger partial charge in [0, 0.05) is 16.6 Å². The van der Waals surface area contributed by atoms with Gasteiger partial charge in [-0.3, -0.25) is 0 Å². The highest BCUT2D eigenvalue weighted by molar-refractivity contribution is 7.10. The number of rotatable bonds is 3. The van der Waals surface area contributed by atoms with Gasteiger partial charge in [-0.05, 0) is 31.2 Å². The van der Waals surface area contributed by atoms with Crippen LogP contribution in [0, 0.1) is 0 Å². The summed E-state index contributed by atoms with van der Waals surface area (Å²) < 4.78 is 0. The predicted molar refractivity (Wildman–Crippen MR) is 57.2 cm³/mol. The van der Waals surface area contributed by atoms with Gasteiger partial charge in [0.25, 0.3) is 0 Å². The van der Waals surface area contributed by atoms with Crippen molar-refractivity contribution in [2.75, 3.05) is 5.32 Å². The normalized spacial score (nSPS) is 11.2. The van der Waals surface area contributed by atoms with E-state index in [9.17, 15) is 0 Å². The van der Waals surface area contributed by atoms with Crippen LogP contribution in [-0.2, 0) is 0 Å². The average Bonchev–Trinajstić information content (AvgIpc) is 2.33. The van der Waals surface area contributed by atoms with Crippen molar-refractivity contribution in [2.24, 2.45) is 0 Å². The maximum absolute atomic E-state index is 3.45. The Morgan fingerprint density at radius 2 is 1.92 bits per heavy atom. The molecule has 1 N–H and O–H groups in total. The molecule has 0 amide bonds. The Bertz CT molecular complexity index is 238. The van der Waals surface area contributed by atoms with Gasteiger partial charge in [0.1, 0.15) is 0 Å². The van der Waals surface area contributed by atoms with Crippen LogP contribution in [0.2, 0.25) is 0 Å². The molecule has 0 spiro atoms. The fraction of sp³-hybridized carbons (Fsp3) is 0.600. The second-order valence-corrected chi connectivity index (χ2v) is 4.60. The van der Waals surface area contributed by atoms with Gasteiger partial charge in [0.2, 0.25) is 0 Å². The summed E-state index contributed by atoms with van der Waals surface area (Å²) in [5, 5.41) is 5.60. The van der Waals surface area contributed by atoms with Crippen LogP contribution in [0.3, 0.4) is 0 Å². The van der Waals surface area contributed by atoms with Crippen molar-refractivity contribution >= 4 is 17.0 Å². The summed E-state index contributed by atoms with van der Waals surface area (Å²) >= 11 is 1.84. The highest BCUT2D eigenvalue weighted by Crippen LogP contribution is 2.30. The molecule has 1 nitrogen and oxygen atoms in total. The summed E-state index contributed by atoms with van der Waals surface area (Å²) in [6.45, 7) is 8.80. The zero-order valence-electron chi connectivity index (χ0n) is 8.22. The standard InChI is InChI=1S/C10H17NS/c1-7(2)10-9(5-6-12-10)11-8(3)4/h5-8,11H,1-4H3. The Hall–Kier alpha value is -0.500. The number of hydrogen-bond acceptors (Lipinski definition) is 2. The highest BCUT2D eigenvalue weighted by atomic mass is 32.1. The van der Waals surface area contributed by atoms with Gasteiger partial charge in [-0.25, -0.2) is 0 Å². The first-order valence-corrected chi connectivity index (χ1v) is 5.33. The van der Waals surface area contributed by atoms with Crippen LogP contribution >= 0.6 is 11.3 Å². The minimum absolute atomic E-state index is 0.525. The Morgan fingerprint density at radius 3 is 2.42 bits per heavy atom. The summed E-state index contributed by atoms with van der Waals surface area (Å²) in [5.41, 5.74) is 1.31. The fourth-order valence-corrected chi connectivity index (χ4v) is 2.08. The molecule has 1 rings (SSSR count). The Labute approximate surface area is 78.8 Å². The van der Waals surface area contributed by atoms with Crippen molar-refractivity contribution < 1.29 is 0 Å². The van der Waals surface area contributed by atoms with Crippen LogP contribution in [0.25, 0.3) is 0 Å². The van der Waals surface area contributed by atoms with Gasteiger partial charge in [0.15, 0.2) is 0 Å². The molecule has 12 heavy (non-hydrogen) atoms. The van der Waals surface area contributed by atoms with Crippen LogP contribution < -0.4 is 5.32 Å². The Morgan fingerprint density at radius 1 is 1.25 bits per heavy atom. The molecule has 0 unspecified atom stereocenters. The minimum Gasteiger partial charge on any atom is -0.382 e. The molecule has 0 radical (unpaired) electrons. The third-order valence-electron chi connectivity index (χ3n) is 1.66. The monoisotopic (exact) mass is 183 g/mol. The molecule has 1 aromatic heterocycles. The maximum atomic E-state index is 3.45. The van der Waals surface area contributed by atoms with Crippen molar-refractivity contribution in [1.82, 2.24) is 0 Å². The first kappa shape index (κ1) is 9.59. The smallest absolute Gasteiger partial charge is 0.0486 e. The predicted octanol–water partition coefficient (Wildman–Crippen LogP) is 3.69. The van der Waals surface area contributed by atoms with Gasteiger partial charge in [-0.15, -0.1) is 11.3 Å². The lowest BCUT2D eigenvalue weighted by Crippen LogP contribution is -2.10. The van der Waals surface area contributed by atoms with Crippen molar-refractivity contribution in [3.05, 3.63) is 16.3 Å². The van der Waals surface area contributed by atoms with Crippen LogP contribution in [0.1, 0.15) is 38.5 Å². The lowest BCUT2D eigenvalue weighted by atomic mass is 10.1. The lowest BCUT2D eigenvalue weighted by molar-refractivity contribution is 0.864. The molecule has 1 aromatic rings. The maximum Gasteiger partial charge on any atom is 0.0486 e. The van der Waals surface area contributed by atoms with Crippen molar-refractivity contribution in [3.8, 4) is 0 Å². The van der Waals surface area contributed by atoms with E-state index in [1.165, 1.54) is 10.6 Å². The Kier molecular flexibility index (Phi) is 3.15. The second-order valence-electron chi connectivity index (χ2n) is 3.65. The minimum atomic E-state index is 0.525. The van der Waals surface area contributed by atoms with Gasteiger partial charge in [-0.1, -0.05) is 13.8 Å². The molecule has 0 aromatic carbocycles. The SMILES string of the molecule is CC(C)Nc1ccsc1C(C)C. The van der Waals surface area contributed by atoms with Crippen LogP contribution in [0.4, 0.5) is 5.69 Å². The Balaban J connectivity index is 2.77. The summed E-state index contributed by atoms with van der Waals surface area (Å²) in [4.78, 5) is 1.46. The van der Waals surface area contributed by atoms with Crippen molar-refractivity contribution in [3.63, 3.8) is 0 Å². The number of thiophene rings is 1. The largest absolute Gasteiger partial charge is 0.382 e. The summed E-state index contributed by atoms with van der Waals surface area (Å²) in [6.07, 6.45) is 0. The molecule has 0 fully saturated rings. The molecule has 0 saturated heterocycles. The molecule has 1 heterocycles. The van der Waals surface area contributed by atoms with Gasteiger partial charge in [-0.2, -0.15) is 0 Å². The fourth-order valence-electron chi connectivity index (χ4n) is 1.20. The topological polar surface area (TPSA) is 12.0 Å². The quantitative estimate of drug-likeness (QED) is 0.753. The van der Waals surface area contributed by atoms with E-state index in [1.807, 2.05) is 11.3 Å². The summed E-state index contributed by atoms with van der Waals surface area (Å²) in [7, 11) is 0. The van der Waals surface area contributed by atoms with E-state index < -0.39 is 0 Å². The summed E-state index contributed by atoms with van der Waals surface area (Å²) in [6, 6.07) is 2.69. The van der Waals surface area contributed by atoms with E-state index in [4.69, 9.17) is 0 Å². The second kappa shape index (κ2) is 3.94. The molecule has 0 aliphatic rings. The van der Waals surface area contributed by atoms with E-state index in [-0.39, 0.29) is 0 Å². The number of hydrogen-bond donors (Lipinski definition) is 1. The number of anilines is 1. The number of nitrogens with one attached hydrogen (secondary N) is 1. The third-order valence-corrected chi connectivity index (χ3v) is 2.88. The zero-order valence-corrected chi connectivity index (χ0v) is 9.03. The first-order chi connectivity index (χ1) is 5.61. The summed E-state index contributed by atoms with van der Waals surface area (Å²) in [5.74, 6) is 0.631. The molecule has 0 bridgehead atoms. The molecule has 0 aliphatic heterocycles. The molecular weight excluding hydrogens is 166 g/mol. The molecule has 0 saturated carbocycles. The van der Waals surface area contributed by atoms with E-state index in [1.54, 1.807) is 0 Å². The highest BCUT2D eigenvalue weighted by Gasteiger charge is 2.07. The van der Waals surface area contributed by atoms with E-state index in [0.717, 1.165) is 0 Å². The van der Waals surface area contributed by atoms with Crippen molar-refractivity contribution in [1.29, 1.82) is 0 Å². The first-order valence-electron chi connectivity index (χ1n) is 4.45. The van der Waals surface area contributed by atoms with E-state index >= 15 is 0 Å². The van der Waals surface area contributed by atoms with Crippen LogP contribution in [0.5, 0.6) is 0 Å².